The molecule has 1 aliphatic carbocycles. The van der Waals surface area contributed by atoms with E-state index in [4.69, 9.17) is 14.6 Å². The van der Waals surface area contributed by atoms with E-state index >= 15 is 0 Å². The van der Waals surface area contributed by atoms with E-state index in [9.17, 15) is 9.59 Å². The summed E-state index contributed by atoms with van der Waals surface area (Å²) < 4.78 is 13.1. The molecule has 10 heteroatoms. The summed E-state index contributed by atoms with van der Waals surface area (Å²) in [5.41, 5.74) is 2.53. The minimum Gasteiger partial charge on any atom is -0.489 e. The average Bonchev–Trinajstić information content (AvgIpc) is 3.33. The lowest BCUT2D eigenvalue weighted by atomic mass is 10.0. The van der Waals surface area contributed by atoms with Gasteiger partial charge >= 0.3 is 12.1 Å². The third kappa shape index (κ3) is 5.74. The van der Waals surface area contributed by atoms with Crippen molar-refractivity contribution >= 4 is 12.1 Å². The highest BCUT2D eigenvalue weighted by atomic mass is 16.6. The third-order valence-corrected chi connectivity index (χ3v) is 5.68. The maximum Gasteiger partial charge on any atom is 0.409 e. The minimum atomic E-state index is -0.764. The molecule has 174 valence electrons. The first-order chi connectivity index (χ1) is 15.3. The largest absolute Gasteiger partial charge is 0.489 e. The minimum absolute atomic E-state index is 0.00250. The molecule has 32 heavy (non-hydrogen) atoms. The van der Waals surface area contributed by atoms with E-state index in [0.717, 1.165) is 25.7 Å². The maximum atomic E-state index is 12.1. The Kier molecular flexibility index (Phi) is 7.66. The summed E-state index contributed by atoms with van der Waals surface area (Å²) in [4.78, 5) is 29.2. The normalized spacial score (nSPS) is 17.9. The van der Waals surface area contributed by atoms with E-state index in [2.05, 4.69) is 15.3 Å². The van der Waals surface area contributed by atoms with Crippen LogP contribution < -0.4 is 4.74 Å². The smallest absolute Gasteiger partial charge is 0.409 e. The van der Waals surface area contributed by atoms with Crippen LogP contribution in [0.5, 0.6) is 5.75 Å². The van der Waals surface area contributed by atoms with Gasteiger partial charge in [0.15, 0.2) is 0 Å². The van der Waals surface area contributed by atoms with Crippen LogP contribution >= 0.6 is 0 Å². The number of carboxylic acid groups (broad SMARTS) is 1. The lowest BCUT2D eigenvalue weighted by molar-refractivity contribution is -0.138. The van der Waals surface area contributed by atoms with Crippen LogP contribution in [0.1, 0.15) is 50.4 Å². The van der Waals surface area contributed by atoms with Crippen molar-refractivity contribution in [3.05, 3.63) is 23.5 Å². The van der Waals surface area contributed by atoms with Crippen LogP contribution in [0.4, 0.5) is 4.79 Å². The van der Waals surface area contributed by atoms with Gasteiger partial charge in [0, 0.05) is 27.1 Å². The monoisotopic (exact) mass is 445 g/mol. The second-order valence-corrected chi connectivity index (χ2v) is 8.28. The molecule has 0 aromatic carbocycles. The Morgan fingerprint density at radius 3 is 2.78 bits per heavy atom. The van der Waals surface area contributed by atoms with Crippen molar-refractivity contribution in [2.75, 3.05) is 13.6 Å². The van der Waals surface area contributed by atoms with Gasteiger partial charge in [0.2, 0.25) is 0 Å². The summed E-state index contributed by atoms with van der Waals surface area (Å²) in [5, 5.41) is 17.3. The number of hydrogen-bond donors (Lipinski definition) is 1. The Labute approximate surface area is 187 Å². The van der Waals surface area contributed by atoms with E-state index in [1.807, 2.05) is 26.0 Å². The highest BCUT2D eigenvalue weighted by Gasteiger charge is 2.28. The van der Waals surface area contributed by atoms with E-state index < -0.39 is 12.1 Å². The molecule has 1 fully saturated rings. The Morgan fingerprint density at radius 1 is 1.31 bits per heavy atom. The summed E-state index contributed by atoms with van der Waals surface area (Å²) >= 11 is 0. The Hall–Kier alpha value is -3.17. The standard InChI is InChI=1S/C22H31N5O5/c1-5-10-26(3)22(30)31-13-18-21(24-25-27(18)4)17-8-9-19(14(2)23-17)32-16-7-6-15(11-16)12-20(28)29/h8-9,15-16H,5-7,10-13H2,1-4H3,(H,28,29)/t15-,16-/m0/s1. The molecule has 0 aliphatic heterocycles. The number of carboxylic acids is 1. The number of rotatable bonds is 9. The molecule has 0 spiro atoms. The van der Waals surface area contributed by atoms with Crippen LogP contribution in [-0.4, -0.2) is 61.7 Å². The molecule has 2 heterocycles. The molecule has 2 aromatic heterocycles. The molecular formula is C22H31N5O5. The average molecular weight is 446 g/mol. The Bertz CT molecular complexity index is 960. The number of carbonyl (C=O) groups is 2. The van der Waals surface area contributed by atoms with Gasteiger partial charge in [-0.2, -0.15) is 0 Å². The third-order valence-electron chi connectivity index (χ3n) is 5.68. The molecule has 3 rings (SSSR count). The quantitative estimate of drug-likeness (QED) is 0.625. The number of pyridine rings is 1. The molecule has 0 unspecified atom stereocenters. The zero-order valence-electron chi connectivity index (χ0n) is 19.1. The molecule has 10 nitrogen and oxygen atoms in total. The van der Waals surface area contributed by atoms with Crippen LogP contribution in [0, 0.1) is 12.8 Å². The molecule has 1 N–H and O–H groups in total. The zero-order chi connectivity index (χ0) is 23.3. The maximum absolute atomic E-state index is 12.1. The van der Waals surface area contributed by atoms with Crippen molar-refractivity contribution in [3.8, 4) is 17.1 Å². The van der Waals surface area contributed by atoms with Crippen molar-refractivity contribution in [2.45, 2.75) is 58.7 Å². The molecule has 1 saturated carbocycles. The van der Waals surface area contributed by atoms with Gasteiger partial charge in [0.1, 0.15) is 23.7 Å². The van der Waals surface area contributed by atoms with Gasteiger partial charge in [0.05, 0.1) is 17.5 Å². The topological polar surface area (TPSA) is 120 Å². The number of carbonyl (C=O) groups excluding carboxylic acids is 1. The highest BCUT2D eigenvalue weighted by Crippen LogP contribution is 2.33. The number of hydrogen-bond acceptors (Lipinski definition) is 7. The SMILES string of the molecule is CCCN(C)C(=O)OCc1c(-c2ccc(O[C@H]3CC[C@H](CC(=O)O)C3)c(C)n2)nnn1C. The predicted octanol–water partition coefficient (Wildman–Crippen LogP) is 3.19. The molecular weight excluding hydrogens is 414 g/mol. The number of aliphatic carboxylic acids is 1. The second kappa shape index (κ2) is 10.4. The van der Waals surface area contributed by atoms with Crippen molar-refractivity contribution in [2.24, 2.45) is 13.0 Å². The van der Waals surface area contributed by atoms with E-state index in [-0.39, 0.29) is 25.0 Å². The van der Waals surface area contributed by atoms with Gasteiger partial charge in [-0.05, 0) is 50.7 Å². The van der Waals surface area contributed by atoms with Crippen LogP contribution in [0.15, 0.2) is 12.1 Å². The first-order valence-corrected chi connectivity index (χ1v) is 10.9. The summed E-state index contributed by atoms with van der Waals surface area (Å²) in [6.45, 7) is 4.51. The van der Waals surface area contributed by atoms with Gasteiger partial charge in [-0.1, -0.05) is 12.1 Å². The number of nitrogens with zero attached hydrogens (tertiary/aromatic N) is 5. The van der Waals surface area contributed by atoms with Crippen molar-refractivity contribution < 1.29 is 24.2 Å². The van der Waals surface area contributed by atoms with Crippen LogP contribution in [0.25, 0.3) is 11.4 Å². The lowest BCUT2D eigenvalue weighted by Gasteiger charge is -2.16. The van der Waals surface area contributed by atoms with E-state index in [1.165, 1.54) is 4.90 Å². The fraction of sp³-hybridized carbons (Fsp3) is 0.591. The van der Waals surface area contributed by atoms with Gasteiger partial charge in [-0.25, -0.2) is 14.5 Å². The Morgan fingerprint density at radius 2 is 2.09 bits per heavy atom. The number of aromatic nitrogens is 4. The zero-order valence-corrected chi connectivity index (χ0v) is 19.1. The fourth-order valence-corrected chi connectivity index (χ4v) is 3.96. The van der Waals surface area contributed by atoms with Crippen molar-refractivity contribution in [3.63, 3.8) is 0 Å². The molecule has 0 bridgehead atoms. The fourth-order valence-electron chi connectivity index (χ4n) is 3.96. The van der Waals surface area contributed by atoms with E-state index in [0.29, 0.717) is 35.1 Å². The first-order valence-electron chi connectivity index (χ1n) is 10.9. The van der Waals surface area contributed by atoms with Gasteiger partial charge in [0.25, 0.3) is 0 Å². The van der Waals surface area contributed by atoms with Gasteiger partial charge in [-0.15, -0.1) is 5.10 Å². The van der Waals surface area contributed by atoms with Gasteiger partial charge < -0.3 is 19.5 Å². The molecule has 0 radical (unpaired) electrons. The summed E-state index contributed by atoms with van der Waals surface area (Å²) in [5.74, 6) is 0.0689. The number of ether oxygens (including phenoxy) is 2. The summed E-state index contributed by atoms with van der Waals surface area (Å²) in [7, 11) is 3.44. The molecule has 2 aromatic rings. The van der Waals surface area contributed by atoms with Crippen LogP contribution in [0.3, 0.4) is 0 Å². The predicted molar refractivity (Wildman–Crippen MR) is 116 cm³/mol. The first kappa shape index (κ1) is 23.5. The van der Waals surface area contributed by atoms with Crippen molar-refractivity contribution in [1.82, 2.24) is 24.9 Å². The summed E-state index contributed by atoms with van der Waals surface area (Å²) in [6, 6.07) is 3.66. The molecule has 0 saturated heterocycles. The molecule has 1 aliphatic rings. The van der Waals surface area contributed by atoms with E-state index in [1.54, 1.807) is 18.8 Å². The molecule has 2 atom stereocenters. The number of amides is 1. The van der Waals surface area contributed by atoms with Crippen LogP contribution in [-0.2, 0) is 23.2 Å². The molecule has 1 amide bonds. The number of aryl methyl sites for hydroxylation is 2. The van der Waals surface area contributed by atoms with Gasteiger partial charge in [-0.3, -0.25) is 4.79 Å². The second-order valence-electron chi connectivity index (χ2n) is 8.28. The van der Waals surface area contributed by atoms with Crippen LogP contribution in [0.2, 0.25) is 0 Å². The highest BCUT2D eigenvalue weighted by molar-refractivity contribution is 5.67. The summed E-state index contributed by atoms with van der Waals surface area (Å²) in [6.07, 6.45) is 3.07. The van der Waals surface area contributed by atoms with Crippen molar-refractivity contribution in [1.29, 1.82) is 0 Å². The lowest BCUT2D eigenvalue weighted by Crippen LogP contribution is -2.28. The Balaban J connectivity index is 1.67.